The summed E-state index contributed by atoms with van der Waals surface area (Å²) >= 11 is 1.42. The fourth-order valence-electron chi connectivity index (χ4n) is 2.82. The van der Waals surface area contributed by atoms with Crippen molar-refractivity contribution < 1.29 is 14.3 Å². The second kappa shape index (κ2) is 7.20. The predicted molar refractivity (Wildman–Crippen MR) is 104 cm³/mol. The van der Waals surface area contributed by atoms with E-state index in [-0.39, 0.29) is 17.7 Å². The number of ether oxygens (including phenoxy) is 1. The van der Waals surface area contributed by atoms with Gasteiger partial charge in [0.15, 0.2) is 5.69 Å². The zero-order valence-electron chi connectivity index (χ0n) is 14.5. The number of primary amides is 1. The molecule has 1 amide bonds. The molecule has 8 nitrogen and oxygen atoms in total. The first-order valence-electron chi connectivity index (χ1n) is 8.32. The Balaban J connectivity index is 1.55. The minimum Gasteiger partial charge on any atom is -0.457 e. The van der Waals surface area contributed by atoms with Gasteiger partial charge >= 0.3 is 5.97 Å². The van der Waals surface area contributed by atoms with Crippen LogP contribution in [0.15, 0.2) is 53.3 Å². The third-order valence-electron chi connectivity index (χ3n) is 4.07. The second-order valence-electron chi connectivity index (χ2n) is 5.96. The van der Waals surface area contributed by atoms with Gasteiger partial charge in [-0.2, -0.15) is 5.10 Å². The molecule has 2 N–H and O–H groups in total. The molecule has 0 aliphatic rings. The number of nitrogens with zero attached hydrogens (tertiary/aromatic N) is 3. The molecule has 4 rings (SSSR count). The molecule has 0 spiro atoms. The van der Waals surface area contributed by atoms with Crippen molar-refractivity contribution >= 4 is 44.2 Å². The normalized spacial score (nSPS) is 11.0. The van der Waals surface area contributed by atoms with Gasteiger partial charge in [-0.15, -0.1) is 11.3 Å². The highest BCUT2D eigenvalue weighted by atomic mass is 32.1. The number of fused-ring (bicyclic) bond motifs is 2. The number of hydrogen-bond acceptors (Lipinski definition) is 7. The summed E-state index contributed by atoms with van der Waals surface area (Å²) in [5.41, 5.74) is 5.61. The Morgan fingerprint density at radius 1 is 1.07 bits per heavy atom. The van der Waals surface area contributed by atoms with Crippen molar-refractivity contribution in [3.05, 3.63) is 69.6 Å². The van der Waals surface area contributed by atoms with E-state index in [4.69, 9.17) is 10.5 Å². The number of amides is 1. The van der Waals surface area contributed by atoms with Crippen LogP contribution in [0.25, 0.3) is 21.0 Å². The number of thiazole rings is 1. The van der Waals surface area contributed by atoms with Gasteiger partial charge in [-0.05, 0) is 18.2 Å². The Morgan fingerprint density at radius 3 is 2.54 bits per heavy atom. The molecule has 4 aromatic rings. The van der Waals surface area contributed by atoms with E-state index in [2.05, 4.69) is 10.1 Å². The quantitative estimate of drug-likeness (QED) is 0.516. The maximum Gasteiger partial charge on any atom is 0.328 e. The lowest BCUT2D eigenvalue weighted by atomic mass is 10.1. The van der Waals surface area contributed by atoms with Gasteiger partial charge in [0.05, 0.1) is 15.6 Å². The molecule has 0 unspecified atom stereocenters. The van der Waals surface area contributed by atoms with Crippen LogP contribution in [0.5, 0.6) is 0 Å². The van der Waals surface area contributed by atoms with Gasteiger partial charge < -0.3 is 10.5 Å². The van der Waals surface area contributed by atoms with Gasteiger partial charge in [-0.25, -0.2) is 9.67 Å². The average Bonchev–Trinajstić information content (AvgIpc) is 3.11. The topological polar surface area (TPSA) is 117 Å². The second-order valence-corrected chi connectivity index (χ2v) is 7.07. The van der Waals surface area contributed by atoms with Crippen LogP contribution in [0, 0.1) is 0 Å². The lowest BCUT2D eigenvalue weighted by Gasteiger charge is -2.09. The highest BCUT2D eigenvalue weighted by Crippen LogP contribution is 2.22. The lowest BCUT2D eigenvalue weighted by Crippen LogP contribution is -2.31. The number of hydrogen-bond donors (Lipinski definition) is 1. The summed E-state index contributed by atoms with van der Waals surface area (Å²) in [5.74, 6) is -1.45. The molecule has 0 saturated carbocycles. The molecular weight excluding hydrogens is 380 g/mol. The molecule has 9 heteroatoms. The van der Waals surface area contributed by atoms with Crippen LogP contribution in [-0.4, -0.2) is 26.6 Å². The third kappa shape index (κ3) is 3.35. The largest absolute Gasteiger partial charge is 0.457 e. The average molecular weight is 394 g/mol. The summed E-state index contributed by atoms with van der Waals surface area (Å²) in [7, 11) is 0. The summed E-state index contributed by atoms with van der Waals surface area (Å²) in [6.45, 7) is -0.446. The molecule has 140 valence electrons. The van der Waals surface area contributed by atoms with Crippen LogP contribution < -0.4 is 11.3 Å². The third-order valence-corrected chi connectivity index (χ3v) is 5.08. The number of aromatic nitrogens is 3. The minimum absolute atomic E-state index is 0.0107. The molecule has 0 fully saturated rings. The first-order chi connectivity index (χ1) is 13.5. The number of rotatable bonds is 5. The minimum atomic E-state index is -0.784. The molecule has 2 aromatic heterocycles. The lowest BCUT2D eigenvalue weighted by molar-refractivity contribution is -0.146. The number of benzene rings is 2. The van der Waals surface area contributed by atoms with Crippen LogP contribution in [0.3, 0.4) is 0 Å². The van der Waals surface area contributed by atoms with Crippen LogP contribution >= 0.6 is 11.3 Å². The SMILES string of the molecule is NC(=O)c1nn(CC(=O)OCc2nc3ccccc3s2)c(=O)c2ccccc12. The monoisotopic (exact) mass is 394 g/mol. The van der Waals surface area contributed by atoms with Crippen molar-refractivity contribution in [2.24, 2.45) is 5.73 Å². The number of nitrogens with two attached hydrogens (primary N) is 1. The number of carbonyl (C=O) groups excluding carboxylic acids is 2. The van der Waals surface area contributed by atoms with Gasteiger partial charge in [0.25, 0.3) is 11.5 Å². The Labute approximate surface area is 162 Å². The number of para-hydroxylation sites is 1. The van der Waals surface area contributed by atoms with Gasteiger partial charge in [0, 0.05) is 5.39 Å². The molecule has 0 saturated heterocycles. The van der Waals surface area contributed by atoms with Crippen LogP contribution in [0.1, 0.15) is 15.5 Å². The van der Waals surface area contributed by atoms with E-state index < -0.39 is 24.0 Å². The smallest absolute Gasteiger partial charge is 0.328 e. The van der Waals surface area contributed by atoms with Gasteiger partial charge in [0.1, 0.15) is 18.2 Å². The Bertz CT molecular complexity index is 1240. The molecule has 0 aliphatic heterocycles. The van der Waals surface area contributed by atoms with Crippen LogP contribution in [0.4, 0.5) is 0 Å². The molecule has 28 heavy (non-hydrogen) atoms. The van der Waals surface area contributed by atoms with Crippen molar-refractivity contribution in [3.8, 4) is 0 Å². The standard InChI is InChI=1S/C19H14N4O4S/c20-18(25)17-11-5-1-2-6-12(11)19(26)23(22-17)9-16(24)27-10-15-21-13-7-3-4-8-14(13)28-15/h1-8H,9-10H2,(H2,20,25). The zero-order chi connectivity index (χ0) is 19.7. The molecule has 0 radical (unpaired) electrons. The molecule has 0 aliphatic carbocycles. The van der Waals surface area contributed by atoms with Gasteiger partial charge in [-0.1, -0.05) is 30.3 Å². The Kier molecular flexibility index (Phi) is 4.58. The summed E-state index contributed by atoms with van der Waals surface area (Å²) < 4.78 is 7.11. The van der Waals surface area contributed by atoms with E-state index in [0.717, 1.165) is 14.9 Å². The Morgan fingerprint density at radius 2 is 1.79 bits per heavy atom. The molecule has 0 atom stereocenters. The Hall–Kier alpha value is -3.59. The van der Waals surface area contributed by atoms with E-state index in [1.807, 2.05) is 24.3 Å². The summed E-state index contributed by atoms with van der Waals surface area (Å²) in [6.07, 6.45) is 0. The van der Waals surface area contributed by atoms with Gasteiger partial charge in [0.2, 0.25) is 0 Å². The predicted octanol–water partition coefficient (Wildman–Crippen LogP) is 1.85. The summed E-state index contributed by atoms with van der Waals surface area (Å²) in [5, 5.41) is 5.19. The summed E-state index contributed by atoms with van der Waals surface area (Å²) in [6, 6.07) is 14.1. The molecule has 2 aromatic carbocycles. The van der Waals surface area contributed by atoms with E-state index in [9.17, 15) is 14.4 Å². The maximum absolute atomic E-state index is 12.6. The first kappa shape index (κ1) is 17.8. The number of carbonyl (C=O) groups is 2. The zero-order valence-corrected chi connectivity index (χ0v) is 15.3. The highest BCUT2D eigenvalue weighted by molar-refractivity contribution is 7.18. The van der Waals surface area contributed by atoms with Crippen molar-refractivity contribution in [2.75, 3.05) is 0 Å². The first-order valence-corrected chi connectivity index (χ1v) is 9.14. The fraction of sp³-hybridized carbons (Fsp3) is 0.105. The fourth-order valence-corrected chi connectivity index (χ4v) is 3.70. The van der Waals surface area contributed by atoms with E-state index in [0.29, 0.717) is 10.4 Å². The molecule has 2 heterocycles. The van der Waals surface area contributed by atoms with Gasteiger partial charge in [-0.3, -0.25) is 14.4 Å². The van der Waals surface area contributed by atoms with E-state index in [1.165, 1.54) is 11.3 Å². The number of esters is 1. The van der Waals surface area contributed by atoms with Crippen molar-refractivity contribution in [2.45, 2.75) is 13.2 Å². The van der Waals surface area contributed by atoms with E-state index in [1.54, 1.807) is 24.3 Å². The van der Waals surface area contributed by atoms with Crippen molar-refractivity contribution in [3.63, 3.8) is 0 Å². The molecular formula is C19H14N4O4S. The highest BCUT2D eigenvalue weighted by Gasteiger charge is 2.16. The van der Waals surface area contributed by atoms with Crippen molar-refractivity contribution in [1.82, 2.24) is 14.8 Å². The maximum atomic E-state index is 12.6. The van der Waals surface area contributed by atoms with Crippen molar-refractivity contribution in [1.29, 1.82) is 0 Å². The van der Waals surface area contributed by atoms with Crippen LogP contribution in [0.2, 0.25) is 0 Å². The van der Waals surface area contributed by atoms with Crippen LogP contribution in [-0.2, 0) is 22.7 Å². The van der Waals surface area contributed by atoms with E-state index >= 15 is 0 Å². The molecule has 0 bridgehead atoms. The summed E-state index contributed by atoms with van der Waals surface area (Å²) in [4.78, 5) is 40.8.